The van der Waals surface area contributed by atoms with Gasteiger partial charge in [-0.25, -0.2) is 13.8 Å². The molecular formula is C17H14F2N4O2S. The number of fused-ring (bicyclic) bond motifs is 1. The Morgan fingerprint density at radius 1 is 1.19 bits per heavy atom. The molecule has 26 heavy (non-hydrogen) atoms. The molecule has 1 aromatic carbocycles. The van der Waals surface area contributed by atoms with Gasteiger partial charge in [-0.2, -0.15) is 0 Å². The van der Waals surface area contributed by atoms with Crippen molar-refractivity contribution in [2.75, 3.05) is 23.7 Å². The van der Waals surface area contributed by atoms with E-state index < -0.39 is 22.8 Å². The third-order valence-corrected chi connectivity index (χ3v) is 4.16. The second-order valence-corrected chi connectivity index (χ2v) is 5.81. The number of carbonyl (C=O) groups is 1. The van der Waals surface area contributed by atoms with Crippen molar-refractivity contribution in [3.05, 3.63) is 58.0 Å². The van der Waals surface area contributed by atoms with Crippen LogP contribution in [-0.4, -0.2) is 29.3 Å². The molecule has 2 heterocycles. The molecule has 0 bridgehead atoms. The minimum atomic E-state index is -0.996. The molecule has 0 aliphatic rings. The van der Waals surface area contributed by atoms with Crippen LogP contribution in [-0.2, 0) is 0 Å². The lowest BCUT2D eigenvalue weighted by molar-refractivity contribution is 0.112. The summed E-state index contributed by atoms with van der Waals surface area (Å²) in [6, 6.07) is 5.34. The number of thiol groups is 1. The molecule has 134 valence electrons. The standard InChI is InChI=1S/C17H14F2N4O2S/c18-12-14-11(16(25)9(8-24)7-23-14)17(26)13(19)15(12)22-6-5-21-10-3-1-2-4-20-10/h1-4,7-8,22,26H,5-6H2,(H,20,21)(H,23,25). The average Bonchev–Trinajstić information content (AvgIpc) is 2.66. The molecule has 3 N–H and O–H groups in total. The highest BCUT2D eigenvalue weighted by Gasteiger charge is 2.21. The Morgan fingerprint density at radius 3 is 2.65 bits per heavy atom. The number of hydrogen-bond donors (Lipinski definition) is 4. The first-order valence-electron chi connectivity index (χ1n) is 7.64. The van der Waals surface area contributed by atoms with E-state index in [9.17, 15) is 18.4 Å². The number of nitrogens with zero attached hydrogens (tertiary/aromatic N) is 1. The number of hydrogen-bond acceptors (Lipinski definition) is 6. The second kappa shape index (κ2) is 7.52. The number of benzene rings is 1. The number of aromatic nitrogens is 2. The highest BCUT2D eigenvalue weighted by Crippen LogP contribution is 2.31. The molecule has 0 aliphatic carbocycles. The maximum atomic E-state index is 14.6. The van der Waals surface area contributed by atoms with Gasteiger partial charge >= 0.3 is 0 Å². The van der Waals surface area contributed by atoms with Gasteiger partial charge in [-0.1, -0.05) is 6.07 Å². The van der Waals surface area contributed by atoms with E-state index in [1.807, 2.05) is 6.07 Å². The maximum absolute atomic E-state index is 14.6. The number of nitrogens with one attached hydrogen (secondary N) is 3. The Balaban J connectivity index is 1.87. The minimum absolute atomic E-state index is 0.194. The van der Waals surface area contributed by atoms with E-state index in [2.05, 4.69) is 33.2 Å². The number of aromatic amines is 1. The highest BCUT2D eigenvalue weighted by atomic mass is 32.1. The number of aldehydes is 1. The van der Waals surface area contributed by atoms with E-state index in [0.29, 0.717) is 18.6 Å². The highest BCUT2D eigenvalue weighted by molar-refractivity contribution is 7.80. The number of H-pyrrole nitrogens is 1. The second-order valence-electron chi connectivity index (χ2n) is 5.36. The molecule has 0 amide bonds. The molecule has 0 aliphatic heterocycles. The number of pyridine rings is 2. The molecular weight excluding hydrogens is 362 g/mol. The fraction of sp³-hybridized carbons (Fsp3) is 0.118. The molecule has 0 fully saturated rings. The molecule has 0 atom stereocenters. The summed E-state index contributed by atoms with van der Waals surface area (Å²) in [6.45, 7) is 0.552. The minimum Gasteiger partial charge on any atom is -0.378 e. The average molecular weight is 376 g/mol. The molecule has 3 rings (SSSR count). The summed E-state index contributed by atoms with van der Waals surface area (Å²) in [5, 5.41) is 5.35. The maximum Gasteiger partial charge on any atom is 0.201 e. The molecule has 6 nitrogen and oxygen atoms in total. The monoisotopic (exact) mass is 376 g/mol. The lowest BCUT2D eigenvalue weighted by atomic mass is 10.1. The van der Waals surface area contributed by atoms with E-state index in [4.69, 9.17) is 0 Å². The third-order valence-electron chi connectivity index (χ3n) is 3.74. The van der Waals surface area contributed by atoms with E-state index in [1.165, 1.54) is 0 Å². The van der Waals surface area contributed by atoms with Crippen LogP contribution in [0, 0.1) is 11.6 Å². The van der Waals surface area contributed by atoms with E-state index >= 15 is 0 Å². The van der Waals surface area contributed by atoms with Crippen molar-refractivity contribution < 1.29 is 13.6 Å². The summed E-state index contributed by atoms with van der Waals surface area (Å²) in [4.78, 5) is 29.3. The zero-order valence-corrected chi connectivity index (χ0v) is 14.2. The number of rotatable bonds is 6. The first-order chi connectivity index (χ1) is 12.5. The summed E-state index contributed by atoms with van der Waals surface area (Å²) in [7, 11) is 0. The zero-order valence-electron chi connectivity index (χ0n) is 13.3. The van der Waals surface area contributed by atoms with Gasteiger partial charge in [0.25, 0.3) is 0 Å². The van der Waals surface area contributed by atoms with E-state index in [1.54, 1.807) is 18.3 Å². The van der Waals surface area contributed by atoms with Crippen molar-refractivity contribution in [2.45, 2.75) is 4.90 Å². The summed E-state index contributed by atoms with van der Waals surface area (Å²) in [5.41, 5.74) is -1.63. The molecule has 3 aromatic rings. The van der Waals surface area contributed by atoms with Crippen LogP contribution >= 0.6 is 12.6 Å². The first kappa shape index (κ1) is 17.9. The van der Waals surface area contributed by atoms with Gasteiger partial charge < -0.3 is 15.6 Å². The van der Waals surface area contributed by atoms with Crippen LogP contribution in [0.1, 0.15) is 10.4 Å². The van der Waals surface area contributed by atoms with Gasteiger partial charge in [0.05, 0.1) is 21.4 Å². The predicted octanol–water partition coefficient (Wildman–Crippen LogP) is 2.83. The molecule has 0 radical (unpaired) electrons. The lowest BCUT2D eigenvalue weighted by Crippen LogP contribution is -2.17. The van der Waals surface area contributed by atoms with Crippen molar-refractivity contribution in [1.82, 2.24) is 9.97 Å². The van der Waals surface area contributed by atoms with Crippen LogP contribution in [0.25, 0.3) is 10.9 Å². The van der Waals surface area contributed by atoms with Crippen LogP contribution in [0.5, 0.6) is 0 Å². The van der Waals surface area contributed by atoms with Crippen LogP contribution in [0.4, 0.5) is 20.3 Å². The number of halogens is 2. The van der Waals surface area contributed by atoms with E-state index in [0.717, 1.165) is 6.20 Å². The Kier molecular flexibility index (Phi) is 5.17. The van der Waals surface area contributed by atoms with Gasteiger partial charge in [0.2, 0.25) is 5.43 Å². The summed E-state index contributed by atoms with van der Waals surface area (Å²) in [5.74, 6) is -1.32. The Hall–Kier alpha value is -2.94. The third kappa shape index (κ3) is 3.25. The Morgan fingerprint density at radius 2 is 1.96 bits per heavy atom. The molecule has 0 saturated carbocycles. The zero-order chi connectivity index (χ0) is 18.7. The topological polar surface area (TPSA) is 86.9 Å². The van der Waals surface area contributed by atoms with Gasteiger partial charge in [0, 0.05) is 25.5 Å². The first-order valence-corrected chi connectivity index (χ1v) is 8.08. The van der Waals surface area contributed by atoms with Crippen LogP contribution in [0.15, 0.2) is 40.3 Å². The van der Waals surface area contributed by atoms with Gasteiger partial charge in [-0.05, 0) is 12.1 Å². The smallest absolute Gasteiger partial charge is 0.201 e. The largest absolute Gasteiger partial charge is 0.378 e. The normalized spacial score (nSPS) is 10.7. The Labute approximate surface area is 152 Å². The van der Waals surface area contributed by atoms with Crippen LogP contribution < -0.4 is 16.1 Å². The van der Waals surface area contributed by atoms with Gasteiger partial charge in [-0.15, -0.1) is 12.6 Å². The number of anilines is 2. The SMILES string of the molecule is O=Cc1c[nH]c2c(F)c(NCCNc3ccccn3)c(F)c(S)c2c1=O. The van der Waals surface area contributed by atoms with Crippen molar-refractivity contribution in [2.24, 2.45) is 0 Å². The van der Waals surface area contributed by atoms with Crippen LogP contribution in [0.2, 0.25) is 0 Å². The molecule has 2 aromatic heterocycles. The molecule has 0 unspecified atom stereocenters. The predicted molar refractivity (Wildman–Crippen MR) is 98.3 cm³/mol. The van der Waals surface area contributed by atoms with Crippen molar-refractivity contribution in [3.63, 3.8) is 0 Å². The van der Waals surface area contributed by atoms with Crippen molar-refractivity contribution >= 4 is 41.3 Å². The quantitative estimate of drug-likeness (QED) is 0.302. The van der Waals surface area contributed by atoms with E-state index in [-0.39, 0.29) is 27.9 Å². The molecule has 9 heteroatoms. The summed E-state index contributed by atoms with van der Waals surface area (Å²) in [6.07, 6.45) is 3.02. The van der Waals surface area contributed by atoms with Gasteiger partial charge in [0.1, 0.15) is 11.5 Å². The van der Waals surface area contributed by atoms with Gasteiger partial charge in [0.15, 0.2) is 17.9 Å². The van der Waals surface area contributed by atoms with Gasteiger partial charge in [-0.3, -0.25) is 9.59 Å². The number of carbonyl (C=O) groups excluding carboxylic acids is 1. The van der Waals surface area contributed by atoms with Crippen molar-refractivity contribution in [3.8, 4) is 0 Å². The molecule has 0 spiro atoms. The van der Waals surface area contributed by atoms with Crippen molar-refractivity contribution in [1.29, 1.82) is 0 Å². The summed E-state index contributed by atoms with van der Waals surface area (Å²) < 4.78 is 29.2. The Bertz CT molecular complexity index is 1020. The molecule has 0 saturated heterocycles. The lowest BCUT2D eigenvalue weighted by Gasteiger charge is -2.13. The van der Waals surface area contributed by atoms with Crippen LogP contribution in [0.3, 0.4) is 0 Å². The summed E-state index contributed by atoms with van der Waals surface area (Å²) >= 11 is 4.00. The fourth-order valence-electron chi connectivity index (χ4n) is 2.48. The fourth-order valence-corrected chi connectivity index (χ4v) is 2.81.